The molecule has 0 spiro atoms. The number of thiophene rings is 1. The van der Waals surface area contributed by atoms with Crippen LogP contribution in [0.4, 0.5) is 5.82 Å². The van der Waals surface area contributed by atoms with Gasteiger partial charge in [-0.25, -0.2) is 15.8 Å². The van der Waals surface area contributed by atoms with Crippen LogP contribution in [0.15, 0.2) is 0 Å². The fourth-order valence-corrected chi connectivity index (χ4v) is 4.15. The minimum Gasteiger partial charge on any atom is -0.373 e. The topological polar surface area (TPSA) is 73.1 Å². The molecule has 2 aromatic heterocycles. The molecule has 1 atom stereocenters. The van der Waals surface area contributed by atoms with Crippen molar-refractivity contribution in [3.63, 3.8) is 0 Å². The van der Waals surface area contributed by atoms with Gasteiger partial charge in [0.15, 0.2) is 11.6 Å². The van der Waals surface area contributed by atoms with Gasteiger partial charge in [-0.05, 0) is 37.7 Å². The van der Waals surface area contributed by atoms with E-state index in [-0.39, 0.29) is 6.10 Å². The Bertz CT molecular complexity index is 621. The molecular weight excluding hydrogens is 272 g/mol. The van der Waals surface area contributed by atoms with E-state index in [0.29, 0.717) is 5.82 Å². The largest absolute Gasteiger partial charge is 0.373 e. The van der Waals surface area contributed by atoms with Crippen LogP contribution in [-0.2, 0) is 17.6 Å². The van der Waals surface area contributed by atoms with Crippen molar-refractivity contribution in [2.45, 2.75) is 45.1 Å². The lowest BCUT2D eigenvalue weighted by molar-refractivity contribution is 0.0930. The molecule has 1 aliphatic rings. The Balaban J connectivity index is 2.19. The van der Waals surface area contributed by atoms with Crippen LogP contribution >= 0.6 is 11.3 Å². The maximum atomic E-state index is 5.68. The number of nitrogens with one attached hydrogen (secondary N) is 1. The molecular formula is C14H20N4OS. The van der Waals surface area contributed by atoms with Crippen molar-refractivity contribution >= 4 is 27.4 Å². The Hall–Kier alpha value is -1.24. The monoisotopic (exact) mass is 292 g/mol. The zero-order chi connectivity index (χ0) is 14.1. The second kappa shape index (κ2) is 5.63. The average molecular weight is 292 g/mol. The highest BCUT2D eigenvalue weighted by Gasteiger charge is 2.22. The minimum absolute atomic E-state index is 0.0781. The number of aromatic nitrogens is 2. The van der Waals surface area contributed by atoms with Crippen molar-refractivity contribution in [1.82, 2.24) is 9.97 Å². The van der Waals surface area contributed by atoms with Gasteiger partial charge >= 0.3 is 0 Å². The molecule has 1 aliphatic carbocycles. The van der Waals surface area contributed by atoms with E-state index in [1.807, 2.05) is 0 Å². The molecule has 20 heavy (non-hydrogen) atoms. The summed E-state index contributed by atoms with van der Waals surface area (Å²) in [7, 11) is 1.69. The predicted molar refractivity (Wildman–Crippen MR) is 81.9 cm³/mol. The van der Waals surface area contributed by atoms with Crippen LogP contribution in [0.1, 0.15) is 48.6 Å². The number of hydrogen-bond acceptors (Lipinski definition) is 6. The Morgan fingerprint density at radius 3 is 2.85 bits per heavy atom. The number of nitrogen functional groups attached to an aromatic ring is 1. The number of ether oxygens (including phenoxy) is 1. The summed E-state index contributed by atoms with van der Waals surface area (Å²) in [6, 6.07) is 0. The molecule has 2 heterocycles. The first-order valence-corrected chi connectivity index (χ1v) is 7.91. The van der Waals surface area contributed by atoms with E-state index in [1.165, 1.54) is 23.3 Å². The van der Waals surface area contributed by atoms with E-state index in [1.54, 1.807) is 18.4 Å². The van der Waals surface area contributed by atoms with Crippen LogP contribution in [0.2, 0.25) is 0 Å². The standard InChI is InChI=1S/C14H20N4OS/c1-3-9(19-2)12-16-13(18-15)11-8-6-4-5-7-10(8)20-14(11)17-12/h9H,3-7,15H2,1-2H3,(H,16,17,18). The summed E-state index contributed by atoms with van der Waals surface area (Å²) < 4.78 is 5.45. The number of hydrazine groups is 1. The Morgan fingerprint density at radius 2 is 2.15 bits per heavy atom. The van der Waals surface area contributed by atoms with Crippen LogP contribution in [0.5, 0.6) is 0 Å². The lowest BCUT2D eigenvalue weighted by Gasteiger charge is -2.14. The zero-order valence-corrected chi connectivity index (χ0v) is 12.7. The molecule has 0 saturated heterocycles. The number of nitrogens with two attached hydrogens (primary N) is 1. The molecule has 108 valence electrons. The molecule has 2 aromatic rings. The molecule has 0 aromatic carbocycles. The average Bonchev–Trinajstić information content (AvgIpc) is 2.86. The van der Waals surface area contributed by atoms with Gasteiger partial charge in [-0.3, -0.25) is 0 Å². The lowest BCUT2D eigenvalue weighted by Crippen LogP contribution is -2.13. The first-order valence-electron chi connectivity index (χ1n) is 7.10. The molecule has 0 radical (unpaired) electrons. The van der Waals surface area contributed by atoms with Crippen LogP contribution < -0.4 is 11.3 Å². The van der Waals surface area contributed by atoms with Crippen molar-refractivity contribution in [2.24, 2.45) is 5.84 Å². The number of fused-ring (bicyclic) bond motifs is 3. The molecule has 0 bridgehead atoms. The number of aryl methyl sites for hydroxylation is 2. The number of anilines is 1. The lowest BCUT2D eigenvalue weighted by atomic mass is 9.97. The summed E-state index contributed by atoms with van der Waals surface area (Å²) in [4.78, 5) is 11.8. The third-order valence-electron chi connectivity index (χ3n) is 3.91. The highest BCUT2D eigenvalue weighted by Crippen LogP contribution is 2.39. The maximum absolute atomic E-state index is 5.68. The molecule has 3 rings (SSSR count). The highest BCUT2D eigenvalue weighted by molar-refractivity contribution is 7.19. The first-order chi connectivity index (χ1) is 9.78. The van der Waals surface area contributed by atoms with Gasteiger partial charge in [-0.1, -0.05) is 6.92 Å². The minimum atomic E-state index is -0.0781. The van der Waals surface area contributed by atoms with Crippen molar-refractivity contribution < 1.29 is 4.74 Å². The van der Waals surface area contributed by atoms with Crippen LogP contribution in [-0.4, -0.2) is 17.1 Å². The normalized spacial score (nSPS) is 16.1. The summed E-state index contributed by atoms with van der Waals surface area (Å²) >= 11 is 1.78. The smallest absolute Gasteiger partial charge is 0.161 e. The molecule has 3 N–H and O–H groups in total. The van der Waals surface area contributed by atoms with Gasteiger partial charge < -0.3 is 10.2 Å². The van der Waals surface area contributed by atoms with Crippen molar-refractivity contribution in [3.05, 3.63) is 16.3 Å². The fraction of sp³-hybridized carbons (Fsp3) is 0.571. The molecule has 6 heteroatoms. The van der Waals surface area contributed by atoms with Crippen molar-refractivity contribution in [1.29, 1.82) is 0 Å². The van der Waals surface area contributed by atoms with Crippen molar-refractivity contribution in [2.75, 3.05) is 12.5 Å². The molecule has 1 unspecified atom stereocenters. The van der Waals surface area contributed by atoms with E-state index < -0.39 is 0 Å². The fourth-order valence-electron chi connectivity index (χ4n) is 2.88. The third kappa shape index (κ3) is 2.17. The van der Waals surface area contributed by atoms with Gasteiger partial charge in [-0.15, -0.1) is 11.3 Å². The van der Waals surface area contributed by atoms with Crippen LogP contribution in [0, 0.1) is 0 Å². The zero-order valence-electron chi connectivity index (χ0n) is 11.9. The van der Waals surface area contributed by atoms with Gasteiger partial charge in [-0.2, -0.15) is 0 Å². The Labute approximate surface area is 122 Å². The summed E-state index contributed by atoms with van der Waals surface area (Å²) in [5.41, 5.74) is 4.14. The van der Waals surface area contributed by atoms with E-state index >= 15 is 0 Å². The second-order valence-corrected chi connectivity index (χ2v) is 6.18. The van der Waals surface area contributed by atoms with Crippen LogP contribution in [0.3, 0.4) is 0 Å². The first kappa shape index (κ1) is 13.7. The highest BCUT2D eigenvalue weighted by atomic mass is 32.1. The SMILES string of the molecule is CCC(OC)c1nc(NN)c2c3c(sc2n1)CCCC3. The Morgan fingerprint density at radius 1 is 1.35 bits per heavy atom. The third-order valence-corrected chi connectivity index (χ3v) is 5.10. The summed E-state index contributed by atoms with van der Waals surface area (Å²) in [6.45, 7) is 2.07. The van der Waals surface area contributed by atoms with E-state index in [9.17, 15) is 0 Å². The molecule has 0 fully saturated rings. The summed E-state index contributed by atoms with van der Waals surface area (Å²) in [5, 5.41) is 1.11. The number of nitrogens with zero attached hydrogens (tertiary/aromatic N) is 2. The number of hydrogen-bond donors (Lipinski definition) is 2. The molecule has 0 aliphatic heterocycles. The number of rotatable bonds is 4. The van der Waals surface area contributed by atoms with Gasteiger partial charge in [0.25, 0.3) is 0 Å². The molecule has 0 saturated carbocycles. The predicted octanol–water partition coefficient (Wildman–Crippen LogP) is 2.95. The quantitative estimate of drug-likeness (QED) is 0.669. The van der Waals surface area contributed by atoms with Crippen LogP contribution in [0.25, 0.3) is 10.2 Å². The van der Waals surface area contributed by atoms with Gasteiger partial charge in [0.05, 0.1) is 5.39 Å². The van der Waals surface area contributed by atoms with E-state index in [2.05, 4.69) is 17.3 Å². The van der Waals surface area contributed by atoms with Gasteiger partial charge in [0, 0.05) is 12.0 Å². The van der Waals surface area contributed by atoms with E-state index in [0.717, 1.165) is 35.3 Å². The number of methoxy groups -OCH3 is 1. The molecule has 0 amide bonds. The molecule has 5 nitrogen and oxygen atoms in total. The second-order valence-electron chi connectivity index (χ2n) is 5.10. The Kier molecular flexibility index (Phi) is 3.87. The van der Waals surface area contributed by atoms with Crippen molar-refractivity contribution in [3.8, 4) is 0 Å². The van der Waals surface area contributed by atoms with E-state index in [4.69, 9.17) is 15.6 Å². The maximum Gasteiger partial charge on any atom is 0.161 e. The summed E-state index contributed by atoms with van der Waals surface area (Å²) in [5.74, 6) is 7.14. The van der Waals surface area contributed by atoms with Gasteiger partial charge in [0.1, 0.15) is 10.9 Å². The van der Waals surface area contributed by atoms with Gasteiger partial charge in [0.2, 0.25) is 0 Å². The summed E-state index contributed by atoms with van der Waals surface area (Å²) in [6.07, 6.45) is 5.52.